The second-order valence-corrected chi connectivity index (χ2v) is 8.37. The maximum Gasteiger partial charge on any atom is 0.270 e. The van der Waals surface area contributed by atoms with Crippen LogP contribution in [0.2, 0.25) is 0 Å². The first-order valence-corrected chi connectivity index (χ1v) is 10.8. The molecule has 0 fully saturated rings. The first-order chi connectivity index (χ1) is 15.3. The number of amides is 1. The number of hydrogen-bond donors (Lipinski definition) is 3. The molecule has 4 rings (SSSR count). The minimum atomic E-state index is -0.238. The van der Waals surface area contributed by atoms with Crippen LogP contribution in [0.4, 0.5) is 11.5 Å². The Balaban J connectivity index is 1.42. The molecule has 11 nitrogen and oxygen atoms in total. The van der Waals surface area contributed by atoms with Crippen LogP contribution in [-0.2, 0) is 18.4 Å². The molecule has 0 aliphatic heterocycles. The molecular formula is C20H24BrN9O2. The highest BCUT2D eigenvalue weighted by Gasteiger charge is 2.21. The number of fused-ring (bicyclic) bond motifs is 2. The van der Waals surface area contributed by atoms with Crippen molar-refractivity contribution in [3.63, 3.8) is 0 Å². The molecule has 12 heteroatoms. The lowest BCUT2D eigenvalue weighted by atomic mass is 10.2. The van der Waals surface area contributed by atoms with Crippen LogP contribution < -0.4 is 16.4 Å². The zero-order chi connectivity index (χ0) is 23.0. The molecule has 0 radical (unpaired) electrons. The average molecular weight is 502 g/mol. The van der Waals surface area contributed by atoms with Gasteiger partial charge < -0.3 is 21.1 Å². The third-order valence-electron chi connectivity index (χ3n) is 5.02. The van der Waals surface area contributed by atoms with Crippen molar-refractivity contribution in [2.75, 3.05) is 24.7 Å². The molecule has 4 N–H and O–H groups in total. The van der Waals surface area contributed by atoms with Gasteiger partial charge in [0.15, 0.2) is 11.5 Å². The van der Waals surface area contributed by atoms with Crippen LogP contribution in [0, 0.1) is 6.92 Å². The van der Waals surface area contributed by atoms with Crippen LogP contribution >= 0.6 is 15.9 Å². The number of halogens is 1. The number of aromatic nitrogens is 6. The molecule has 3 aromatic heterocycles. The number of nitrogens with two attached hydrogens (primary N) is 1. The van der Waals surface area contributed by atoms with Gasteiger partial charge in [-0.2, -0.15) is 0 Å². The lowest BCUT2D eigenvalue weighted by Gasteiger charge is -2.15. The molecule has 4 aromatic rings. The van der Waals surface area contributed by atoms with Gasteiger partial charge in [0.05, 0.1) is 30.1 Å². The summed E-state index contributed by atoms with van der Waals surface area (Å²) in [4.78, 5) is 21.8. The van der Waals surface area contributed by atoms with Gasteiger partial charge in [0.25, 0.3) is 5.91 Å². The Labute approximate surface area is 192 Å². The number of imidazole rings is 1. The molecule has 1 unspecified atom stereocenters. The van der Waals surface area contributed by atoms with Crippen LogP contribution in [0.1, 0.15) is 28.7 Å². The van der Waals surface area contributed by atoms with E-state index in [9.17, 15) is 4.79 Å². The molecule has 0 bridgehead atoms. The summed E-state index contributed by atoms with van der Waals surface area (Å²) in [7, 11) is 3.57. The monoisotopic (exact) mass is 501 g/mol. The summed E-state index contributed by atoms with van der Waals surface area (Å²) in [6.45, 7) is 4.36. The average Bonchev–Trinajstić information content (AvgIpc) is 3.27. The topological polar surface area (TPSA) is 137 Å². The second kappa shape index (κ2) is 8.71. The van der Waals surface area contributed by atoms with Gasteiger partial charge >= 0.3 is 0 Å². The van der Waals surface area contributed by atoms with Gasteiger partial charge in [0, 0.05) is 26.3 Å². The Morgan fingerprint density at radius 2 is 2.12 bits per heavy atom. The number of carbonyl (C=O) groups is 1. The highest BCUT2D eigenvalue weighted by Crippen LogP contribution is 2.22. The van der Waals surface area contributed by atoms with E-state index in [1.165, 1.54) is 0 Å². The molecule has 0 saturated heterocycles. The number of anilines is 2. The Bertz CT molecular complexity index is 1310. The smallest absolute Gasteiger partial charge is 0.270 e. The fourth-order valence-electron chi connectivity index (χ4n) is 3.56. The number of aryl methyl sites for hydroxylation is 2. The molecule has 32 heavy (non-hydrogen) atoms. The molecular weight excluding hydrogens is 478 g/mol. The normalized spacial score (nSPS) is 12.4. The Morgan fingerprint density at radius 3 is 2.88 bits per heavy atom. The molecule has 168 valence electrons. The van der Waals surface area contributed by atoms with Crippen molar-refractivity contribution < 1.29 is 9.53 Å². The minimum absolute atomic E-state index is 0.221. The maximum absolute atomic E-state index is 13.0. The van der Waals surface area contributed by atoms with Crippen molar-refractivity contribution in [2.24, 2.45) is 7.05 Å². The van der Waals surface area contributed by atoms with E-state index in [0.29, 0.717) is 51.9 Å². The summed E-state index contributed by atoms with van der Waals surface area (Å²) in [5.41, 5.74) is 10.7. The summed E-state index contributed by atoms with van der Waals surface area (Å²) in [6, 6.07) is 3.55. The zero-order valence-corrected chi connectivity index (χ0v) is 19.8. The van der Waals surface area contributed by atoms with Crippen molar-refractivity contribution in [1.82, 2.24) is 34.7 Å². The summed E-state index contributed by atoms with van der Waals surface area (Å²) in [6.07, 6.45) is 1.72. The quantitative estimate of drug-likeness (QED) is 0.327. The molecule has 0 spiro atoms. The summed E-state index contributed by atoms with van der Waals surface area (Å²) >= 11 is 3.38. The number of nitrogen functional groups attached to an aromatic ring is 1. The van der Waals surface area contributed by atoms with E-state index < -0.39 is 0 Å². The predicted molar refractivity (Wildman–Crippen MR) is 124 cm³/mol. The highest BCUT2D eigenvalue weighted by molar-refractivity contribution is 9.10. The van der Waals surface area contributed by atoms with E-state index in [1.54, 1.807) is 29.3 Å². The van der Waals surface area contributed by atoms with Gasteiger partial charge in [0.2, 0.25) is 0 Å². The molecule has 3 heterocycles. The van der Waals surface area contributed by atoms with Crippen LogP contribution in [0.15, 0.2) is 22.9 Å². The number of nitrogens with one attached hydrogen (secondary N) is 2. The molecule has 0 aliphatic rings. The van der Waals surface area contributed by atoms with Gasteiger partial charge in [-0.1, -0.05) is 5.21 Å². The van der Waals surface area contributed by atoms with Crippen molar-refractivity contribution in [2.45, 2.75) is 26.5 Å². The zero-order valence-electron chi connectivity index (χ0n) is 18.2. The maximum atomic E-state index is 13.0. The van der Waals surface area contributed by atoms with E-state index in [1.807, 2.05) is 26.1 Å². The summed E-state index contributed by atoms with van der Waals surface area (Å²) in [5.74, 6) is 0.343. The molecule has 1 aromatic carbocycles. The van der Waals surface area contributed by atoms with Gasteiger partial charge in [-0.15, -0.1) is 5.10 Å². The number of carbonyl (C=O) groups excluding carboxylic acids is 1. The lowest BCUT2D eigenvalue weighted by Crippen LogP contribution is -2.36. The SMILES string of the molecule is CNc1nc(Br)cn2c(C(=O)NC(C)COCc3cc(N)c4nnn(C)c4c3)c(C)nc12. The first kappa shape index (κ1) is 22.0. The largest absolute Gasteiger partial charge is 0.397 e. The van der Waals surface area contributed by atoms with Crippen molar-refractivity contribution in [3.8, 4) is 0 Å². The van der Waals surface area contributed by atoms with E-state index >= 15 is 0 Å². The van der Waals surface area contributed by atoms with Crippen molar-refractivity contribution >= 4 is 50.0 Å². The van der Waals surface area contributed by atoms with E-state index in [0.717, 1.165) is 11.1 Å². The van der Waals surface area contributed by atoms with E-state index in [4.69, 9.17) is 10.5 Å². The van der Waals surface area contributed by atoms with Crippen molar-refractivity contribution in [1.29, 1.82) is 0 Å². The van der Waals surface area contributed by atoms with Gasteiger partial charge in [0.1, 0.15) is 15.8 Å². The van der Waals surface area contributed by atoms with Crippen molar-refractivity contribution in [3.05, 3.63) is 39.9 Å². The number of ether oxygens (including phenoxy) is 1. The molecule has 0 aliphatic carbocycles. The van der Waals surface area contributed by atoms with Crippen LogP contribution in [0.25, 0.3) is 16.7 Å². The standard InChI is InChI=1S/C20H24BrN9O2/c1-10(8-32-9-12-5-13(22)16-14(6-12)29(4)28-27-16)24-20(31)17-11(2)25-19-18(23-3)26-15(21)7-30(17)19/h5-7,10H,8-9,22H2,1-4H3,(H,23,26)(H,24,31). The third-order valence-corrected chi connectivity index (χ3v) is 5.41. The van der Waals surface area contributed by atoms with Gasteiger partial charge in [-0.3, -0.25) is 9.20 Å². The lowest BCUT2D eigenvalue weighted by molar-refractivity contribution is 0.0815. The van der Waals surface area contributed by atoms with Crippen LogP contribution in [-0.4, -0.2) is 55.0 Å². The third kappa shape index (κ3) is 4.10. The highest BCUT2D eigenvalue weighted by atomic mass is 79.9. The summed E-state index contributed by atoms with van der Waals surface area (Å²) in [5, 5.41) is 14.0. The number of benzene rings is 1. The number of nitrogens with zero attached hydrogens (tertiary/aromatic N) is 6. The number of hydrogen-bond acceptors (Lipinski definition) is 8. The predicted octanol–water partition coefficient (Wildman–Crippen LogP) is 2.04. The first-order valence-electron chi connectivity index (χ1n) is 9.97. The number of rotatable bonds is 7. The molecule has 1 amide bonds. The van der Waals surface area contributed by atoms with Crippen LogP contribution in [0.5, 0.6) is 0 Å². The molecule has 0 saturated carbocycles. The Morgan fingerprint density at radius 1 is 1.34 bits per heavy atom. The van der Waals surface area contributed by atoms with Gasteiger partial charge in [-0.05, 0) is 47.5 Å². The Kier molecular flexibility index (Phi) is 5.98. The fourth-order valence-corrected chi connectivity index (χ4v) is 3.94. The van der Waals surface area contributed by atoms with Gasteiger partial charge in [-0.25, -0.2) is 14.6 Å². The Hall–Kier alpha value is -3.25. The summed E-state index contributed by atoms with van der Waals surface area (Å²) < 4.78 is 9.81. The van der Waals surface area contributed by atoms with Crippen LogP contribution in [0.3, 0.4) is 0 Å². The minimum Gasteiger partial charge on any atom is -0.397 e. The fraction of sp³-hybridized carbons (Fsp3) is 0.350. The second-order valence-electron chi connectivity index (χ2n) is 7.56. The molecule has 1 atom stereocenters. The van der Waals surface area contributed by atoms with E-state index in [2.05, 4.69) is 46.8 Å². The van der Waals surface area contributed by atoms with E-state index in [-0.39, 0.29) is 11.9 Å².